The van der Waals surface area contributed by atoms with Crippen molar-refractivity contribution in [1.82, 2.24) is 15.4 Å². The molecule has 0 aliphatic heterocycles. The van der Waals surface area contributed by atoms with Crippen molar-refractivity contribution in [2.75, 3.05) is 19.3 Å². The Kier molecular flexibility index (Phi) is 7.79. The first-order valence-corrected chi connectivity index (χ1v) is 10.1. The highest BCUT2D eigenvalue weighted by molar-refractivity contribution is 7.88. The van der Waals surface area contributed by atoms with Gasteiger partial charge in [0.25, 0.3) is 0 Å². The van der Waals surface area contributed by atoms with Gasteiger partial charge in [0.1, 0.15) is 0 Å². The van der Waals surface area contributed by atoms with Crippen molar-refractivity contribution in [2.45, 2.75) is 32.9 Å². The largest absolute Gasteiger partial charge is 0.357 e. The molecule has 9 heteroatoms. The zero-order chi connectivity index (χ0) is 18.4. The zero-order valence-corrected chi connectivity index (χ0v) is 16.6. The molecule has 6 nitrogen and oxygen atoms in total. The third-order valence-electron chi connectivity index (χ3n) is 2.93. The SMILES string of the molecule is CCNC(=NCc1ccc(Cl)cc1Cl)NCC(C)(C)NS(C)(=O)=O. The first kappa shape index (κ1) is 21.0. The van der Waals surface area contributed by atoms with Crippen LogP contribution in [0.4, 0.5) is 0 Å². The molecule has 0 bridgehead atoms. The van der Waals surface area contributed by atoms with Crippen LogP contribution in [0.2, 0.25) is 10.0 Å². The summed E-state index contributed by atoms with van der Waals surface area (Å²) in [5.74, 6) is 0.576. The Hall–Kier alpha value is -1.02. The lowest BCUT2D eigenvalue weighted by atomic mass is 10.1. The summed E-state index contributed by atoms with van der Waals surface area (Å²) in [6.07, 6.45) is 1.14. The van der Waals surface area contributed by atoms with Gasteiger partial charge in [-0.1, -0.05) is 29.3 Å². The van der Waals surface area contributed by atoms with Gasteiger partial charge in [0.2, 0.25) is 10.0 Å². The summed E-state index contributed by atoms with van der Waals surface area (Å²) in [4.78, 5) is 4.46. The molecule has 0 amide bonds. The van der Waals surface area contributed by atoms with Gasteiger partial charge in [-0.15, -0.1) is 0 Å². The number of nitrogens with zero attached hydrogens (tertiary/aromatic N) is 1. The van der Waals surface area contributed by atoms with Crippen molar-refractivity contribution in [3.8, 4) is 0 Å². The van der Waals surface area contributed by atoms with Gasteiger partial charge in [-0.2, -0.15) is 0 Å². The highest BCUT2D eigenvalue weighted by atomic mass is 35.5. The highest BCUT2D eigenvalue weighted by Gasteiger charge is 2.22. The number of rotatable bonds is 7. The van der Waals surface area contributed by atoms with E-state index in [9.17, 15) is 8.42 Å². The van der Waals surface area contributed by atoms with Crippen LogP contribution in [-0.4, -0.2) is 39.3 Å². The van der Waals surface area contributed by atoms with Crippen LogP contribution in [0.15, 0.2) is 23.2 Å². The molecule has 0 unspecified atom stereocenters. The van der Waals surface area contributed by atoms with E-state index in [0.717, 1.165) is 11.8 Å². The van der Waals surface area contributed by atoms with Crippen LogP contribution in [0.1, 0.15) is 26.3 Å². The van der Waals surface area contributed by atoms with Crippen LogP contribution in [-0.2, 0) is 16.6 Å². The van der Waals surface area contributed by atoms with Gasteiger partial charge in [0.05, 0.1) is 12.8 Å². The van der Waals surface area contributed by atoms with E-state index in [2.05, 4.69) is 20.3 Å². The number of hydrogen-bond donors (Lipinski definition) is 3. The van der Waals surface area contributed by atoms with Gasteiger partial charge >= 0.3 is 0 Å². The van der Waals surface area contributed by atoms with E-state index in [-0.39, 0.29) is 0 Å². The summed E-state index contributed by atoms with van der Waals surface area (Å²) in [5.41, 5.74) is 0.202. The smallest absolute Gasteiger partial charge is 0.209 e. The second-order valence-corrected chi connectivity index (χ2v) is 8.63. The number of halogens is 2. The molecule has 1 aromatic rings. The number of hydrogen-bond acceptors (Lipinski definition) is 3. The zero-order valence-electron chi connectivity index (χ0n) is 14.3. The summed E-state index contributed by atoms with van der Waals surface area (Å²) < 4.78 is 25.3. The minimum absolute atomic E-state index is 0.375. The Morgan fingerprint density at radius 2 is 1.92 bits per heavy atom. The van der Waals surface area contributed by atoms with Crippen molar-refractivity contribution in [1.29, 1.82) is 0 Å². The average Bonchev–Trinajstić information content (AvgIpc) is 2.41. The minimum Gasteiger partial charge on any atom is -0.357 e. The van der Waals surface area contributed by atoms with Gasteiger partial charge in [0.15, 0.2) is 5.96 Å². The number of nitrogens with one attached hydrogen (secondary N) is 3. The van der Waals surface area contributed by atoms with E-state index < -0.39 is 15.6 Å². The van der Waals surface area contributed by atoms with Crippen molar-refractivity contribution >= 4 is 39.2 Å². The molecule has 0 aromatic heterocycles. The lowest BCUT2D eigenvalue weighted by Crippen LogP contribution is -2.53. The minimum atomic E-state index is -3.29. The summed E-state index contributed by atoms with van der Waals surface area (Å²) in [7, 11) is -3.29. The van der Waals surface area contributed by atoms with Gasteiger partial charge in [-0.25, -0.2) is 18.1 Å². The fourth-order valence-corrected chi connectivity index (χ4v) is 3.54. The molecule has 0 aliphatic carbocycles. The topological polar surface area (TPSA) is 82.6 Å². The molecule has 0 saturated carbocycles. The molecule has 24 heavy (non-hydrogen) atoms. The number of guanidine groups is 1. The quantitative estimate of drug-likeness (QED) is 0.489. The van der Waals surface area contributed by atoms with Crippen molar-refractivity contribution in [3.63, 3.8) is 0 Å². The van der Waals surface area contributed by atoms with Gasteiger partial charge in [0, 0.05) is 28.7 Å². The van der Waals surface area contributed by atoms with E-state index >= 15 is 0 Å². The van der Waals surface area contributed by atoms with Gasteiger partial charge in [-0.05, 0) is 38.5 Å². The van der Waals surface area contributed by atoms with E-state index in [1.54, 1.807) is 26.0 Å². The third-order valence-corrected chi connectivity index (χ3v) is 4.44. The number of sulfonamides is 1. The lowest BCUT2D eigenvalue weighted by molar-refractivity contribution is 0.446. The predicted octanol–water partition coefficient (Wildman–Crippen LogP) is 2.38. The summed E-state index contributed by atoms with van der Waals surface area (Å²) in [6.45, 7) is 6.97. The maximum absolute atomic E-state index is 11.4. The standard InChI is InChI=1S/C15H24Cl2N4O2S/c1-5-18-14(20-10-15(2,3)21-24(4,22)23)19-9-11-6-7-12(16)8-13(11)17/h6-8,21H,5,9-10H2,1-4H3,(H2,18,19,20). The van der Waals surface area contributed by atoms with E-state index in [1.807, 2.05) is 13.0 Å². The molecular formula is C15H24Cl2N4O2S. The molecule has 0 aliphatic rings. The van der Waals surface area contributed by atoms with Crippen LogP contribution < -0.4 is 15.4 Å². The van der Waals surface area contributed by atoms with Crippen LogP contribution in [0.5, 0.6) is 0 Å². The van der Waals surface area contributed by atoms with Crippen LogP contribution in [0.3, 0.4) is 0 Å². The van der Waals surface area contributed by atoms with Crippen LogP contribution in [0, 0.1) is 0 Å². The molecule has 1 aromatic carbocycles. The first-order valence-electron chi connectivity index (χ1n) is 7.47. The molecule has 0 fully saturated rings. The first-order chi connectivity index (χ1) is 11.0. The fourth-order valence-electron chi connectivity index (χ4n) is 2.00. The second-order valence-electron chi connectivity index (χ2n) is 6.04. The Balaban J connectivity index is 2.75. The highest BCUT2D eigenvalue weighted by Crippen LogP contribution is 2.21. The lowest BCUT2D eigenvalue weighted by Gasteiger charge is -2.26. The summed E-state index contributed by atoms with van der Waals surface area (Å²) >= 11 is 12.0. The van der Waals surface area contributed by atoms with Crippen molar-refractivity contribution in [3.05, 3.63) is 33.8 Å². The summed E-state index contributed by atoms with van der Waals surface area (Å²) in [6, 6.07) is 5.26. The molecule has 136 valence electrons. The van der Waals surface area contributed by atoms with Gasteiger partial charge in [-0.3, -0.25) is 0 Å². The Labute approximate surface area is 154 Å². The van der Waals surface area contributed by atoms with Crippen LogP contribution >= 0.6 is 23.2 Å². The maximum atomic E-state index is 11.4. The van der Waals surface area contributed by atoms with E-state index in [0.29, 0.717) is 35.6 Å². The molecule has 0 saturated heterocycles. The Morgan fingerprint density at radius 1 is 1.25 bits per heavy atom. The van der Waals surface area contributed by atoms with Crippen molar-refractivity contribution in [2.24, 2.45) is 4.99 Å². The Bertz CT molecular complexity index is 691. The van der Waals surface area contributed by atoms with E-state index in [4.69, 9.17) is 23.2 Å². The molecule has 0 radical (unpaired) electrons. The number of benzene rings is 1. The molecule has 0 atom stereocenters. The number of aliphatic imine (C=N–C) groups is 1. The maximum Gasteiger partial charge on any atom is 0.209 e. The van der Waals surface area contributed by atoms with E-state index in [1.165, 1.54) is 0 Å². The molecule has 0 spiro atoms. The molecule has 3 N–H and O–H groups in total. The predicted molar refractivity (Wildman–Crippen MR) is 101 cm³/mol. The fraction of sp³-hybridized carbons (Fsp3) is 0.533. The average molecular weight is 395 g/mol. The molecule has 1 rings (SSSR count). The Morgan fingerprint density at radius 3 is 2.46 bits per heavy atom. The monoisotopic (exact) mass is 394 g/mol. The summed E-state index contributed by atoms with van der Waals surface area (Å²) in [5, 5.41) is 7.37. The van der Waals surface area contributed by atoms with Gasteiger partial charge < -0.3 is 10.6 Å². The third kappa shape index (κ3) is 8.19. The molecular weight excluding hydrogens is 371 g/mol. The van der Waals surface area contributed by atoms with Crippen LogP contribution in [0.25, 0.3) is 0 Å². The van der Waals surface area contributed by atoms with Crippen molar-refractivity contribution < 1.29 is 8.42 Å². The normalized spacial score (nSPS) is 13.0. The molecule has 0 heterocycles. The second kappa shape index (κ2) is 8.89.